The van der Waals surface area contributed by atoms with E-state index in [4.69, 9.17) is 0 Å². The first kappa shape index (κ1) is 22.1. The third kappa shape index (κ3) is 6.67. The van der Waals surface area contributed by atoms with Crippen molar-refractivity contribution in [1.29, 1.82) is 0 Å². The molecule has 2 aliphatic heterocycles. The van der Waals surface area contributed by atoms with E-state index in [0.29, 0.717) is 6.04 Å². The first-order valence-electron chi connectivity index (χ1n) is 7.95. The zero-order chi connectivity index (χ0) is 16.1. The highest BCUT2D eigenvalue weighted by atomic mass is 35.5. The quantitative estimate of drug-likeness (QED) is 0.704. The summed E-state index contributed by atoms with van der Waals surface area (Å²) in [6.07, 6.45) is 4.42. The van der Waals surface area contributed by atoms with Crippen LogP contribution in [0.25, 0.3) is 0 Å². The van der Waals surface area contributed by atoms with Gasteiger partial charge in [0.2, 0.25) is 0 Å². The van der Waals surface area contributed by atoms with Crippen molar-refractivity contribution in [2.24, 2.45) is 0 Å². The molecule has 1 saturated heterocycles. The molecule has 3 N–H and O–H groups in total. The van der Waals surface area contributed by atoms with Crippen LogP contribution in [0.5, 0.6) is 0 Å². The minimum atomic E-state index is -0.0603. The number of anilines is 1. The molecule has 1 aromatic heterocycles. The van der Waals surface area contributed by atoms with E-state index in [-0.39, 0.29) is 30.7 Å². The summed E-state index contributed by atoms with van der Waals surface area (Å²) in [5, 5.41) is 9.58. The van der Waals surface area contributed by atoms with Gasteiger partial charge in [0.25, 0.3) is 5.91 Å². The van der Waals surface area contributed by atoms with Gasteiger partial charge in [0.05, 0.1) is 4.91 Å². The van der Waals surface area contributed by atoms with Gasteiger partial charge < -0.3 is 20.9 Å². The Morgan fingerprint density at radius 3 is 3.00 bits per heavy atom. The van der Waals surface area contributed by atoms with Crippen LogP contribution < -0.4 is 16.0 Å². The van der Waals surface area contributed by atoms with Crippen molar-refractivity contribution in [2.45, 2.75) is 12.5 Å². The fraction of sp³-hybridized carbons (Fsp3) is 0.500. The highest BCUT2D eigenvalue weighted by Crippen LogP contribution is 2.20. The first-order valence-corrected chi connectivity index (χ1v) is 8.94. The average Bonchev–Trinajstić information content (AvgIpc) is 2.56. The van der Waals surface area contributed by atoms with Crippen LogP contribution in [0.15, 0.2) is 29.4 Å². The van der Waals surface area contributed by atoms with Crippen LogP contribution in [0.1, 0.15) is 5.69 Å². The predicted octanol–water partition coefficient (Wildman–Crippen LogP) is 1.49. The summed E-state index contributed by atoms with van der Waals surface area (Å²) in [7, 11) is 2.14. The Balaban J connectivity index is 0.00000156. The number of carbonyl (C=O) groups excluding carboxylic acids is 1. The summed E-state index contributed by atoms with van der Waals surface area (Å²) in [4.78, 5) is 19.7. The molecule has 9 heteroatoms. The van der Waals surface area contributed by atoms with E-state index >= 15 is 0 Å². The zero-order valence-electron chi connectivity index (χ0n) is 14.2. The number of rotatable bonds is 4. The number of piperazine rings is 1. The normalized spacial score (nSPS) is 20.4. The van der Waals surface area contributed by atoms with Gasteiger partial charge in [0.15, 0.2) is 0 Å². The maximum absolute atomic E-state index is 12.2. The molecule has 2 aliphatic rings. The highest BCUT2D eigenvalue weighted by Gasteiger charge is 2.18. The van der Waals surface area contributed by atoms with Crippen molar-refractivity contribution in [3.8, 4) is 0 Å². The van der Waals surface area contributed by atoms with E-state index in [9.17, 15) is 4.79 Å². The number of amides is 1. The predicted molar refractivity (Wildman–Crippen MR) is 109 cm³/mol. The number of carbonyl (C=O) groups is 1. The molecule has 3 rings (SSSR count). The number of thioether (sulfide) groups is 1. The monoisotopic (exact) mass is 405 g/mol. The molecule has 6 nitrogen and oxygen atoms in total. The molecule has 3 heterocycles. The van der Waals surface area contributed by atoms with E-state index in [2.05, 4.69) is 32.9 Å². The van der Waals surface area contributed by atoms with E-state index in [0.717, 1.165) is 54.6 Å². The van der Waals surface area contributed by atoms with Crippen molar-refractivity contribution in [2.75, 3.05) is 44.3 Å². The van der Waals surface area contributed by atoms with Gasteiger partial charge in [-0.25, -0.2) is 0 Å². The van der Waals surface area contributed by atoms with Crippen LogP contribution in [0.2, 0.25) is 0 Å². The molecular weight excluding hydrogens is 381 g/mol. The molecule has 1 aromatic rings. The van der Waals surface area contributed by atoms with Crippen LogP contribution >= 0.6 is 36.6 Å². The zero-order valence-corrected chi connectivity index (χ0v) is 16.6. The molecule has 140 valence electrons. The molecule has 25 heavy (non-hydrogen) atoms. The van der Waals surface area contributed by atoms with Gasteiger partial charge in [-0.05, 0) is 19.2 Å². The van der Waals surface area contributed by atoms with Crippen LogP contribution in [-0.4, -0.2) is 60.8 Å². The molecule has 1 atom stereocenters. The third-order valence-electron chi connectivity index (χ3n) is 3.95. The Labute approximate surface area is 165 Å². The number of hydrogen-bond donors (Lipinski definition) is 3. The Kier molecular flexibility index (Phi) is 9.60. The molecular formula is C16H25Cl2N5OS. The van der Waals surface area contributed by atoms with Crippen LogP contribution in [0.4, 0.5) is 5.69 Å². The van der Waals surface area contributed by atoms with Gasteiger partial charge in [-0.1, -0.05) is 0 Å². The molecule has 1 unspecified atom stereocenters. The molecule has 0 saturated carbocycles. The van der Waals surface area contributed by atoms with Crippen molar-refractivity contribution in [3.63, 3.8) is 0 Å². The largest absolute Gasteiger partial charge is 0.389 e. The number of hydrogen-bond acceptors (Lipinski definition) is 6. The summed E-state index contributed by atoms with van der Waals surface area (Å²) < 4.78 is 0. The highest BCUT2D eigenvalue weighted by molar-refractivity contribution is 8.04. The van der Waals surface area contributed by atoms with E-state index in [1.54, 1.807) is 24.2 Å². The van der Waals surface area contributed by atoms with Crippen molar-refractivity contribution < 1.29 is 4.79 Å². The first-order chi connectivity index (χ1) is 11.2. The summed E-state index contributed by atoms with van der Waals surface area (Å²) in [5.74, 6) is 0.858. The molecule has 0 aromatic carbocycles. The summed E-state index contributed by atoms with van der Waals surface area (Å²) in [6.45, 7) is 4.02. The lowest BCUT2D eigenvalue weighted by molar-refractivity contribution is -0.112. The standard InChI is InChI=1S/C16H23N5OS.2ClH/c1-21-6-4-19-14(11-21)9-13-8-12(2-3-18-13)20-16(22)15-10-17-5-7-23-15;;/h2-3,8,10,14,17,19H,4-7,9,11H2,1H3,(H,18,20,22);2*1H. The summed E-state index contributed by atoms with van der Waals surface area (Å²) in [5.41, 5.74) is 1.80. The Morgan fingerprint density at radius 2 is 2.28 bits per heavy atom. The smallest absolute Gasteiger partial charge is 0.263 e. The van der Waals surface area contributed by atoms with Crippen LogP contribution in [0.3, 0.4) is 0 Å². The van der Waals surface area contributed by atoms with Crippen molar-refractivity contribution in [1.82, 2.24) is 20.5 Å². The lowest BCUT2D eigenvalue weighted by Gasteiger charge is -2.30. The second-order valence-corrected chi connectivity index (χ2v) is 7.06. The average molecular weight is 406 g/mol. The lowest BCUT2D eigenvalue weighted by atomic mass is 10.1. The van der Waals surface area contributed by atoms with E-state index < -0.39 is 0 Å². The number of aromatic nitrogens is 1. The van der Waals surface area contributed by atoms with Gasteiger partial charge in [0, 0.05) is 68.2 Å². The van der Waals surface area contributed by atoms with E-state index in [1.807, 2.05) is 12.1 Å². The third-order valence-corrected chi connectivity index (χ3v) is 4.97. The Morgan fingerprint density at radius 1 is 1.44 bits per heavy atom. The van der Waals surface area contributed by atoms with Gasteiger partial charge in [-0.3, -0.25) is 9.78 Å². The minimum absolute atomic E-state index is 0. The topological polar surface area (TPSA) is 69.3 Å². The summed E-state index contributed by atoms with van der Waals surface area (Å²) in [6, 6.07) is 4.21. The second-order valence-electron chi connectivity index (χ2n) is 5.92. The van der Waals surface area contributed by atoms with Gasteiger partial charge in [-0.2, -0.15) is 0 Å². The van der Waals surface area contributed by atoms with Crippen LogP contribution in [-0.2, 0) is 11.2 Å². The minimum Gasteiger partial charge on any atom is -0.389 e. The van der Waals surface area contributed by atoms with Crippen molar-refractivity contribution in [3.05, 3.63) is 35.1 Å². The fourth-order valence-electron chi connectivity index (χ4n) is 2.80. The lowest BCUT2D eigenvalue weighted by Crippen LogP contribution is -2.50. The number of pyridine rings is 1. The SMILES string of the molecule is CN1CCNC(Cc2cc(NC(=O)C3=CNCCS3)ccn2)C1.Cl.Cl. The molecule has 0 spiro atoms. The maximum Gasteiger partial charge on any atom is 0.263 e. The number of nitrogens with one attached hydrogen (secondary N) is 3. The Bertz CT molecular complexity index is 602. The maximum atomic E-state index is 12.2. The number of halogens is 2. The van der Waals surface area contributed by atoms with Crippen LogP contribution in [0, 0.1) is 0 Å². The number of nitrogens with zero attached hydrogens (tertiary/aromatic N) is 2. The van der Waals surface area contributed by atoms with Crippen molar-refractivity contribution >= 4 is 48.2 Å². The van der Waals surface area contributed by atoms with Gasteiger partial charge in [0.1, 0.15) is 0 Å². The van der Waals surface area contributed by atoms with E-state index in [1.165, 1.54) is 0 Å². The summed E-state index contributed by atoms with van der Waals surface area (Å²) >= 11 is 1.58. The molecule has 0 bridgehead atoms. The Hall–Kier alpha value is -0.990. The second kappa shape index (κ2) is 10.9. The molecule has 1 amide bonds. The number of likely N-dealkylation sites (N-methyl/N-ethyl adjacent to an activating group) is 1. The van der Waals surface area contributed by atoms with Gasteiger partial charge in [-0.15, -0.1) is 36.6 Å². The molecule has 0 aliphatic carbocycles. The fourth-order valence-corrected chi connectivity index (χ4v) is 3.59. The van der Waals surface area contributed by atoms with Gasteiger partial charge >= 0.3 is 0 Å². The molecule has 0 radical (unpaired) electrons. The molecule has 1 fully saturated rings.